The molecule has 1 N–H and O–H groups in total. The Morgan fingerprint density at radius 2 is 2.08 bits per heavy atom. The van der Waals surface area contributed by atoms with Crippen LogP contribution in [-0.4, -0.2) is 35.9 Å². The van der Waals surface area contributed by atoms with Crippen molar-refractivity contribution in [1.29, 1.82) is 5.26 Å². The summed E-state index contributed by atoms with van der Waals surface area (Å²) in [5.41, 5.74) is -0.191. The van der Waals surface area contributed by atoms with Crippen molar-refractivity contribution in [2.24, 2.45) is 0 Å². The lowest BCUT2D eigenvalue weighted by atomic mass is 10.2. The number of nitrogens with zero attached hydrogens (tertiary/aromatic N) is 5. The lowest BCUT2D eigenvalue weighted by Crippen LogP contribution is -2.24. The minimum absolute atomic E-state index is 0.206. The number of hydrogen-bond donors (Lipinski definition) is 1. The van der Waals surface area contributed by atoms with E-state index in [0.29, 0.717) is 5.82 Å². The molecule has 0 aliphatic heterocycles. The Morgan fingerprint density at radius 1 is 1.31 bits per heavy atom. The molecule has 0 unspecified atom stereocenters. The predicted molar refractivity (Wildman–Crippen MR) is 91.2 cm³/mol. The number of hydrogen-bond acceptors (Lipinski definition) is 6. The third-order valence-electron chi connectivity index (χ3n) is 3.34. The van der Waals surface area contributed by atoms with Crippen molar-refractivity contribution < 1.29 is 9.53 Å². The van der Waals surface area contributed by atoms with Crippen LogP contribution in [0.1, 0.15) is 36.8 Å². The number of pyridine rings is 1. The van der Waals surface area contributed by atoms with Crippen LogP contribution in [0.5, 0.6) is 0 Å². The maximum absolute atomic E-state index is 12.5. The van der Waals surface area contributed by atoms with Gasteiger partial charge >= 0.3 is 5.97 Å². The summed E-state index contributed by atoms with van der Waals surface area (Å²) >= 11 is 0. The second-order valence-corrected chi connectivity index (χ2v) is 6.48. The summed E-state index contributed by atoms with van der Waals surface area (Å²) in [5.74, 6) is -0.173. The van der Waals surface area contributed by atoms with Gasteiger partial charge in [0.2, 0.25) is 0 Å². The van der Waals surface area contributed by atoms with Gasteiger partial charge in [-0.05, 0) is 32.9 Å². The van der Waals surface area contributed by atoms with E-state index in [4.69, 9.17) is 10.00 Å². The first-order chi connectivity index (χ1) is 12.3. The normalized spacial score (nSPS) is 11.2. The van der Waals surface area contributed by atoms with E-state index >= 15 is 0 Å². The molecule has 3 rings (SSSR count). The summed E-state index contributed by atoms with van der Waals surface area (Å²) in [6, 6.07) is 4.97. The number of nitriles is 1. The van der Waals surface area contributed by atoms with Crippen molar-refractivity contribution >= 4 is 5.97 Å². The number of H-pyrrole nitrogens is 1. The third-order valence-corrected chi connectivity index (χ3v) is 3.34. The molecule has 0 aliphatic carbocycles. The Bertz CT molecular complexity index is 1040. The molecule has 0 saturated heterocycles. The van der Waals surface area contributed by atoms with E-state index in [0.717, 1.165) is 0 Å². The first kappa shape index (κ1) is 17.2. The number of ether oxygens (including phenoxy) is 1. The number of imidazole rings is 1. The van der Waals surface area contributed by atoms with Crippen LogP contribution in [0.15, 0.2) is 41.8 Å². The molecule has 132 valence electrons. The monoisotopic (exact) mass is 352 g/mol. The summed E-state index contributed by atoms with van der Waals surface area (Å²) in [6.07, 6.45) is 5.66. The summed E-state index contributed by atoms with van der Waals surface area (Å²) in [5, 5.41) is 11.6. The fraction of sp³-hybridized carbons (Fsp3) is 0.235. The number of carbonyl (C=O) groups is 1. The van der Waals surface area contributed by atoms with E-state index in [1.54, 1.807) is 20.8 Å². The second kappa shape index (κ2) is 6.33. The van der Waals surface area contributed by atoms with Gasteiger partial charge in [0.05, 0.1) is 5.56 Å². The van der Waals surface area contributed by atoms with Crippen LogP contribution in [0.25, 0.3) is 11.5 Å². The van der Waals surface area contributed by atoms with E-state index < -0.39 is 11.6 Å². The van der Waals surface area contributed by atoms with E-state index in [-0.39, 0.29) is 22.5 Å². The van der Waals surface area contributed by atoms with Gasteiger partial charge in [0, 0.05) is 18.6 Å². The van der Waals surface area contributed by atoms with Crippen LogP contribution in [0.3, 0.4) is 0 Å². The number of aromatic nitrogens is 5. The number of nitrogens with one attached hydrogen (secondary N) is 1. The summed E-state index contributed by atoms with van der Waals surface area (Å²) < 4.78 is 7.95. The summed E-state index contributed by atoms with van der Waals surface area (Å²) in [6.45, 7) is 5.33. The molecule has 0 amide bonds. The molecule has 26 heavy (non-hydrogen) atoms. The van der Waals surface area contributed by atoms with Crippen LogP contribution in [0.4, 0.5) is 0 Å². The van der Waals surface area contributed by atoms with Crippen LogP contribution < -0.4 is 5.56 Å². The zero-order chi connectivity index (χ0) is 18.9. The van der Waals surface area contributed by atoms with Gasteiger partial charge in [-0.2, -0.15) is 9.94 Å². The summed E-state index contributed by atoms with van der Waals surface area (Å²) in [7, 11) is 0. The first-order valence-corrected chi connectivity index (χ1v) is 7.73. The van der Waals surface area contributed by atoms with Crippen molar-refractivity contribution in [3.63, 3.8) is 0 Å². The molecule has 0 spiro atoms. The van der Waals surface area contributed by atoms with Crippen LogP contribution in [0.2, 0.25) is 0 Å². The average molecular weight is 352 g/mol. The van der Waals surface area contributed by atoms with Crippen LogP contribution in [0, 0.1) is 11.3 Å². The van der Waals surface area contributed by atoms with Gasteiger partial charge in [-0.3, -0.25) is 14.5 Å². The number of esters is 1. The molecule has 9 heteroatoms. The molecule has 0 radical (unpaired) electrons. The van der Waals surface area contributed by atoms with Crippen molar-refractivity contribution in [3.05, 3.63) is 58.7 Å². The van der Waals surface area contributed by atoms with Crippen LogP contribution >= 0.6 is 0 Å². The molecular weight excluding hydrogens is 336 g/mol. The largest absolute Gasteiger partial charge is 0.456 e. The van der Waals surface area contributed by atoms with Gasteiger partial charge in [-0.1, -0.05) is 0 Å². The fourth-order valence-corrected chi connectivity index (χ4v) is 2.20. The minimum Gasteiger partial charge on any atom is -0.456 e. The topological polar surface area (TPSA) is 119 Å². The highest BCUT2D eigenvalue weighted by atomic mass is 16.6. The fourth-order valence-electron chi connectivity index (χ4n) is 2.20. The number of carbonyl (C=O) groups excluding carboxylic acids is 1. The van der Waals surface area contributed by atoms with Gasteiger partial charge in [-0.25, -0.2) is 14.8 Å². The van der Waals surface area contributed by atoms with E-state index in [9.17, 15) is 9.59 Å². The summed E-state index contributed by atoms with van der Waals surface area (Å²) in [4.78, 5) is 32.6. The molecule has 0 aliphatic rings. The maximum Gasteiger partial charge on any atom is 0.340 e. The zero-order valence-corrected chi connectivity index (χ0v) is 14.4. The molecule has 9 nitrogen and oxygen atoms in total. The maximum atomic E-state index is 12.5. The second-order valence-electron chi connectivity index (χ2n) is 6.48. The van der Waals surface area contributed by atoms with Crippen molar-refractivity contribution in [1.82, 2.24) is 24.3 Å². The lowest BCUT2D eigenvalue weighted by molar-refractivity contribution is 0.00691. The molecule has 0 aromatic carbocycles. The Kier molecular flexibility index (Phi) is 4.18. The zero-order valence-electron chi connectivity index (χ0n) is 14.4. The standard InChI is InChI=1S/C17H16N6O3/c1-17(2,3)26-16(25)11-4-5-14(19-7-11)23-15(24)13(8-21-23)22-9-12(6-18)20-10-22/h4-5,7-10,21H,1-3H3. The predicted octanol–water partition coefficient (Wildman–Crippen LogP) is 1.57. The Labute approximate surface area is 148 Å². The van der Waals surface area contributed by atoms with Crippen molar-refractivity contribution in [2.45, 2.75) is 26.4 Å². The molecule has 3 aromatic heterocycles. The quantitative estimate of drug-likeness (QED) is 0.715. The highest BCUT2D eigenvalue weighted by Crippen LogP contribution is 2.12. The third kappa shape index (κ3) is 3.39. The van der Waals surface area contributed by atoms with Gasteiger partial charge in [0.1, 0.15) is 23.7 Å². The molecule has 0 saturated carbocycles. The average Bonchev–Trinajstić information content (AvgIpc) is 3.19. The molecule has 0 fully saturated rings. The van der Waals surface area contributed by atoms with Crippen molar-refractivity contribution in [2.75, 3.05) is 0 Å². The van der Waals surface area contributed by atoms with E-state index in [1.807, 2.05) is 6.07 Å². The highest BCUT2D eigenvalue weighted by Gasteiger charge is 2.18. The Balaban J connectivity index is 1.88. The van der Waals surface area contributed by atoms with Crippen molar-refractivity contribution in [3.8, 4) is 17.6 Å². The first-order valence-electron chi connectivity index (χ1n) is 7.73. The van der Waals surface area contributed by atoms with Gasteiger partial charge in [-0.15, -0.1) is 0 Å². The number of rotatable bonds is 3. The minimum atomic E-state index is -0.603. The molecular formula is C17H16N6O3. The van der Waals surface area contributed by atoms with Gasteiger partial charge < -0.3 is 4.74 Å². The van der Waals surface area contributed by atoms with Gasteiger partial charge in [0.25, 0.3) is 5.56 Å². The SMILES string of the molecule is CC(C)(C)OC(=O)c1ccc(-n2[nH]cc(-n3cnc(C#N)c3)c2=O)nc1. The smallest absolute Gasteiger partial charge is 0.340 e. The molecule has 0 bridgehead atoms. The molecule has 3 heterocycles. The van der Waals surface area contributed by atoms with Crippen LogP contribution in [-0.2, 0) is 4.74 Å². The van der Waals surface area contributed by atoms with E-state index in [2.05, 4.69) is 15.1 Å². The van der Waals surface area contributed by atoms with E-state index in [1.165, 1.54) is 46.3 Å². The Hall–Kier alpha value is -3.67. The molecule has 0 atom stereocenters. The number of aromatic amines is 1. The Morgan fingerprint density at radius 3 is 2.65 bits per heavy atom. The molecule has 3 aromatic rings. The van der Waals surface area contributed by atoms with Gasteiger partial charge in [0.15, 0.2) is 11.5 Å². The highest BCUT2D eigenvalue weighted by molar-refractivity contribution is 5.89. The lowest BCUT2D eigenvalue weighted by Gasteiger charge is -2.19.